The van der Waals surface area contributed by atoms with Gasteiger partial charge in [0.2, 0.25) is 0 Å². The summed E-state index contributed by atoms with van der Waals surface area (Å²) in [6.45, 7) is 6.20. The Morgan fingerprint density at radius 2 is 1.76 bits per heavy atom. The molecule has 8 heteroatoms. The molecule has 2 aromatic carbocycles. The van der Waals surface area contributed by atoms with Crippen LogP contribution in [0, 0.1) is 0 Å². The number of benzene rings is 2. The van der Waals surface area contributed by atoms with Crippen molar-refractivity contribution in [3.8, 4) is 11.4 Å². The van der Waals surface area contributed by atoms with Gasteiger partial charge in [-0.05, 0) is 45.7 Å². The molecule has 3 aromatic rings. The van der Waals surface area contributed by atoms with Crippen molar-refractivity contribution in [3.05, 3.63) is 60.4 Å². The molecule has 0 saturated heterocycles. The second-order valence-corrected chi connectivity index (χ2v) is 8.11. The Balaban J connectivity index is 1.86. The third kappa shape index (κ3) is 3.85. The highest BCUT2D eigenvalue weighted by atomic mass is 32.2. The standard InChI is InChI=1S/C17H18N4O3S/c1-17(2,3)13-7-9-16(10-8-13)25(22,23)24-15-6-4-5-14(11-15)21-12-18-19-20-21/h4-12H,1-3H3. The average Bonchev–Trinajstić information content (AvgIpc) is 3.08. The molecule has 0 aliphatic heterocycles. The fourth-order valence-electron chi connectivity index (χ4n) is 2.25. The Hall–Kier alpha value is -2.74. The zero-order chi connectivity index (χ0) is 18.1. The summed E-state index contributed by atoms with van der Waals surface area (Å²) < 4.78 is 31.6. The molecule has 7 nitrogen and oxygen atoms in total. The minimum Gasteiger partial charge on any atom is -0.379 e. The summed E-state index contributed by atoms with van der Waals surface area (Å²) in [7, 11) is -3.92. The molecule has 0 saturated carbocycles. The Morgan fingerprint density at radius 3 is 2.36 bits per heavy atom. The Labute approximate surface area is 146 Å². The summed E-state index contributed by atoms with van der Waals surface area (Å²) in [6.07, 6.45) is 1.42. The van der Waals surface area contributed by atoms with Gasteiger partial charge in [0.25, 0.3) is 0 Å². The van der Waals surface area contributed by atoms with E-state index in [0.29, 0.717) is 5.69 Å². The number of tetrazole rings is 1. The smallest absolute Gasteiger partial charge is 0.339 e. The topological polar surface area (TPSA) is 87.0 Å². The van der Waals surface area contributed by atoms with E-state index in [4.69, 9.17) is 4.18 Å². The van der Waals surface area contributed by atoms with Crippen LogP contribution < -0.4 is 4.18 Å². The van der Waals surface area contributed by atoms with Gasteiger partial charge >= 0.3 is 10.1 Å². The Bertz CT molecular complexity index is 960. The lowest BCUT2D eigenvalue weighted by Gasteiger charge is -2.19. The van der Waals surface area contributed by atoms with E-state index >= 15 is 0 Å². The van der Waals surface area contributed by atoms with Crippen LogP contribution >= 0.6 is 0 Å². The van der Waals surface area contributed by atoms with E-state index in [1.165, 1.54) is 11.0 Å². The van der Waals surface area contributed by atoms with Crippen molar-refractivity contribution >= 4 is 10.1 Å². The van der Waals surface area contributed by atoms with Crippen molar-refractivity contribution in [3.63, 3.8) is 0 Å². The van der Waals surface area contributed by atoms with E-state index in [2.05, 4.69) is 36.3 Å². The maximum atomic E-state index is 12.5. The van der Waals surface area contributed by atoms with Gasteiger partial charge in [0.05, 0.1) is 5.69 Å². The molecule has 1 aromatic heterocycles. The van der Waals surface area contributed by atoms with Gasteiger partial charge in [0.1, 0.15) is 17.0 Å². The van der Waals surface area contributed by atoms with E-state index in [1.807, 2.05) is 0 Å². The first-order valence-corrected chi connectivity index (χ1v) is 9.05. The minimum atomic E-state index is -3.92. The van der Waals surface area contributed by atoms with E-state index in [9.17, 15) is 8.42 Å². The molecule has 0 spiro atoms. The highest BCUT2D eigenvalue weighted by Gasteiger charge is 2.19. The van der Waals surface area contributed by atoms with Crippen molar-refractivity contribution in [1.29, 1.82) is 0 Å². The summed E-state index contributed by atoms with van der Waals surface area (Å²) in [5.41, 5.74) is 1.59. The van der Waals surface area contributed by atoms with Crippen molar-refractivity contribution < 1.29 is 12.6 Å². The van der Waals surface area contributed by atoms with Crippen molar-refractivity contribution in [2.24, 2.45) is 0 Å². The lowest BCUT2D eigenvalue weighted by Crippen LogP contribution is -2.13. The lowest BCUT2D eigenvalue weighted by molar-refractivity contribution is 0.485. The second kappa shape index (κ2) is 6.29. The Kier molecular flexibility index (Phi) is 4.30. The first kappa shape index (κ1) is 17.1. The zero-order valence-corrected chi connectivity index (χ0v) is 14.9. The molecule has 0 N–H and O–H groups in total. The van der Waals surface area contributed by atoms with Gasteiger partial charge in [-0.2, -0.15) is 8.42 Å². The van der Waals surface area contributed by atoms with Crippen LogP contribution in [0.15, 0.2) is 59.8 Å². The summed E-state index contributed by atoms with van der Waals surface area (Å²) in [6, 6.07) is 13.2. The number of hydrogen-bond donors (Lipinski definition) is 0. The fourth-order valence-corrected chi connectivity index (χ4v) is 3.18. The normalized spacial score (nSPS) is 12.1. The SMILES string of the molecule is CC(C)(C)c1ccc(S(=O)(=O)Oc2cccc(-n3cnnn3)c2)cc1. The number of nitrogens with zero attached hydrogens (tertiary/aromatic N) is 4. The van der Waals surface area contributed by atoms with Gasteiger partial charge in [-0.25, -0.2) is 4.68 Å². The third-order valence-corrected chi connectivity index (χ3v) is 4.91. The van der Waals surface area contributed by atoms with Gasteiger partial charge in [0, 0.05) is 6.07 Å². The van der Waals surface area contributed by atoms with E-state index in [-0.39, 0.29) is 16.1 Å². The maximum absolute atomic E-state index is 12.5. The monoisotopic (exact) mass is 358 g/mol. The first-order valence-electron chi connectivity index (χ1n) is 7.64. The minimum absolute atomic E-state index is 0.0523. The first-order chi connectivity index (χ1) is 11.8. The molecular formula is C17H18N4O3S. The third-order valence-electron chi connectivity index (χ3n) is 3.65. The maximum Gasteiger partial charge on any atom is 0.339 e. The fraction of sp³-hybridized carbons (Fsp3) is 0.235. The highest BCUT2D eigenvalue weighted by Crippen LogP contribution is 2.25. The van der Waals surface area contributed by atoms with Crippen molar-refractivity contribution in [2.45, 2.75) is 31.1 Å². The molecule has 25 heavy (non-hydrogen) atoms. The molecule has 0 aliphatic rings. The van der Waals surface area contributed by atoms with Crippen LogP contribution in [-0.2, 0) is 15.5 Å². The molecule has 0 unspecified atom stereocenters. The molecule has 3 rings (SSSR count). The molecule has 0 fully saturated rings. The van der Waals surface area contributed by atoms with Gasteiger partial charge < -0.3 is 4.18 Å². The van der Waals surface area contributed by atoms with Crippen LogP contribution in [0.3, 0.4) is 0 Å². The van der Waals surface area contributed by atoms with E-state index in [0.717, 1.165) is 5.56 Å². The Morgan fingerprint density at radius 1 is 1.04 bits per heavy atom. The van der Waals surface area contributed by atoms with E-state index < -0.39 is 10.1 Å². The molecule has 0 aliphatic carbocycles. The predicted molar refractivity (Wildman–Crippen MR) is 92.1 cm³/mol. The van der Waals surface area contributed by atoms with Crippen LogP contribution in [0.1, 0.15) is 26.3 Å². The molecule has 0 atom stereocenters. The zero-order valence-electron chi connectivity index (χ0n) is 14.1. The number of aromatic nitrogens is 4. The molecule has 0 bridgehead atoms. The molecular weight excluding hydrogens is 340 g/mol. The number of hydrogen-bond acceptors (Lipinski definition) is 6. The molecule has 1 heterocycles. The largest absolute Gasteiger partial charge is 0.379 e. The van der Waals surface area contributed by atoms with Crippen LogP contribution in [0.4, 0.5) is 0 Å². The van der Waals surface area contributed by atoms with Crippen molar-refractivity contribution in [2.75, 3.05) is 0 Å². The van der Waals surface area contributed by atoms with Gasteiger partial charge in [-0.1, -0.05) is 39.0 Å². The average molecular weight is 358 g/mol. The highest BCUT2D eigenvalue weighted by molar-refractivity contribution is 7.87. The summed E-state index contributed by atoms with van der Waals surface area (Å²) in [4.78, 5) is 0.105. The summed E-state index contributed by atoms with van der Waals surface area (Å²) in [5.74, 6) is 0.188. The number of rotatable bonds is 4. The molecule has 0 radical (unpaired) electrons. The van der Waals surface area contributed by atoms with Crippen LogP contribution in [-0.4, -0.2) is 28.6 Å². The van der Waals surface area contributed by atoms with Crippen LogP contribution in [0.5, 0.6) is 5.75 Å². The molecule has 130 valence electrons. The van der Waals surface area contributed by atoms with E-state index in [1.54, 1.807) is 48.5 Å². The van der Waals surface area contributed by atoms with Gasteiger partial charge in [0.15, 0.2) is 0 Å². The van der Waals surface area contributed by atoms with Crippen LogP contribution in [0.2, 0.25) is 0 Å². The summed E-state index contributed by atoms with van der Waals surface area (Å²) >= 11 is 0. The van der Waals surface area contributed by atoms with Crippen molar-refractivity contribution in [1.82, 2.24) is 20.2 Å². The second-order valence-electron chi connectivity index (χ2n) is 6.56. The van der Waals surface area contributed by atoms with Gasteiger partial charge in [-0.3, -0.25) is 0 Å². The quantitative estimate of drug-likeness (QED) is 0.667. The van der Waals surface area contributed by atoms with Gasteiger partial charge in [-0.15, -0.1) is 5.10 Å². The predicted octanol–water partition coefficient (Wildman–Crippen LogP) is 2.73. The molecule has 0 amide bonds. The lowest BCUT2D eigenvalue weighted by atomic mass is 9.87. The summed E-state index contributed by atoms with van der Waals surface area (Å²) in [5, 5.41) is 10.9. The van der Waals surface area contributed by atoms with Crippen LogP contribution in [0.25, 0.3) is 5.69 Å².